The molecule has 0 aliphatic rings. The number of hydrogen-bond donors (Lipinski definition) is 0. The molecular weight excluding hydrogens is 629 g/mol. The molecule has 3 nitrogen and oxygen atoms in total. The Labute approximate surface area is 292 Å². The van der Waals surface area contributed by atoms with E-state index in [1.54, 1.807) is 0 Å². The first kappa shape index (κ1) is 28.6. The van der Waals surface area contributed by atoms with Gasteiger partial charge in [0.15, 0.2) is 5.82 Å². The first-order valence-corrected chi connectivity index (χ1v) is 17.5. The molecule has 0 fully saturated rings. The molecule has 0 unspecified atom stereocenters. The lowest BCUT2D eigenvalue weighted by atomic mass is 9.98. The number of furan rings is 1. The Morgan fingerprint density at radius 1 is 0.380 bits per heavy atom. The van der Waals surface area contributed by atoms with Gasteiger partial charge in [-0.1, -0.05) is 127 Å². The van der Waals surface area contributed by atoms with Crippen molar-refractivity contribution in [3.63, 3.8) is 0 Å². The minimum Gasteiger partial charge on any atom is -0.456 e. The maximum atomic E-state index is 6.15. The molecule has 0 atom stereocenters. The molecule has 7 aromatic carbocycles. The van der Waals surface area contributed by atoms with Crippen LogP contribution in [0.25, 0.3) is 98.3 Å². The number of benzene rings is 7. The van der Waals surface area contributed by atoms with Crippen LogP contribution in [0.15, 0.2) is 174 Å². The Morgan fingerprint density at radius 3 is 1.86 bits per heavy atom. The standard InChI is InChI=1S/C46H28N2OS/c1-2-8-29(9-3-1)32-18-19-34-25-35(21-20-33(34)24-32)41-28-40(30-14-16-31(17-15-30)43-26-36-10-4-6-12-42(36)49-43)47-46(48-41)37-22-23-39-38-11-5-7-13-44(38)50-45(39)27-37/h1-28H. The zero-order valence-electron chi connectivity index (χ0n) is 26.9. The van der Waals surface area contributed by atoms with Crippen LogP contribution in [0.2, 0.25) is 0 Å². The van der Waals surface area contributed by atoms with E-state index in [0.717, 1.165) is 50.4 Å². The van der Waals surface area contributed by atoms with Gasteiger partial charge in [0.2, 0.25) is 0 Å². The largest absolute Gasteiger partial charge is 0.456 e. The van der Waals surface area contributed by atoms with Crippen molar-refractivity contribution in [2.45, 2.75) is 0 Å². The van der Waals surface area contributed by atoms with E-state index in [9.17, 15) is 0 Å². The monoisotopic (exact) mass is 656 g/mol. The van der Waals surface area contributed by atoms with Crippen LogP contribution < -0.4 is 0 Å². The fourth-order valence-electron chi connectivity index (χ4n) is 6.88. The van der Waals surface area contributed by atoms with Gasteiger partial charge < -0.3 is 4.42 Å². The number of para-hydroxylation sites is 1. The Bertz CT molecular complexity index is 2830. The molecule has 0 radical (unpaired) electrons. The average molecular weight is 657 g/mol. The van der Waals surface area contributed by atoms with Crippen LogP contribution in [0, 0.1) is 0 Å². The van der Waals surface area contributed by atoms with Gasteiger partial charge in [0.25, 0.3) is 0 Å². The van der Waals surface area contributed by atoms with Crippen LogP contribution in [0.3, 0.4) is 0 Å². The number of thiophene rings is 1. The van der Waals surface area contributed by atoms with Crippen LogP contribution >= 0.6 is 11.3 Å². The molecule has 50 heavy (non-hydrogen) atoms. The summed E-state index contributed by atoms with van der Waals surface area (Å²) in [6.45, 7) is 0. The van der Waals surface area contributed by atoms with Crippen LogP contribution in [0.5, 0.6) is 0 Å². The van der Waals surface area contributed by atoms with E-state index in [1.807, 2.05) is 29.5 Å². The molecule has 0 N–H and O–H groups in total. The minimum absolute atomic E-state index is 0.706. The lowest BCUT2D eigenvalue weighted by Gasteiger charge is -2.11. The summed E-state index contributed by atoms with van der Waals surface area (Å²) in [5.41, 5.74) is 9.17. The highest BCUT2D eigenvalue weighted by Gasteiger charge is 2.14. The molecule has 10 aromatic rings. The smallest absolute Gasteiger partial charge is 0.160 e. The summed E-state index contributed by atoms with van der Waals surface area (Å²) in [6, 6.07) is 59.8. The molecule has 0 aliphatic heterocycles. The summed E-state index contributed by atoms with van der Waals surface area (Å²) in [6.07, 6.45) is 0. The quantitative estimate of drug-likeness (QED) is 0.185. The number of fused-ring (bicyclic) bond motifs is 5. The van der Waals surface area contributed by atoms with Crippen LogP contribution in [0.4, 0.5) is 0 Å². The summed E-state index contributed by atoms with van der Waals surface area (Å²) in [5, 5.41) is 6.01. The van der Waals surface area contributed by atoms with Gasteiger partial charge in [-0.3, -0.25) is 0 Å². The number of nitrogens with zero attached hydrogens (tertiary/aromatic N) is 2. The molecule has 0 bridgehead atoms. The molecule has 0 aliphatic carbocycles. The van der Waals surface area contributed by atoms with Gasteiger partial charge in [0, 0.05) is 47.8 Å². The lowest BCUT2D eigenvalue weighted by molar-refractivity contribution is 0.631. The van der Waals surface area contributed by atoms with Crippen molar-refractivity contribution >= 4 is 53.3 Å². The third-order valence-electron chi connectivity index (χ3n) is 9.50. The van der Waals surface area contributed by atoms with E-state index >= 15 is 0 Å². The fourth-order valence-corrected chi connectivity index (χ4v) is 8.03. The maximum Gasteiger partial charge on any atom is 0.160 e. The molecule has 0 spiro atoms. The Balaban J connectivity index is 1.09. The van der Waals surface area contributed by atoms with Crippen molar-refractivity contribution in [2.75, 3.05) is 0 Å². The molecule has 3 heterocycles. The number of aromatic nitrogens is 2. The normalized spacial score (nSPS) is 11.6. The van der Waals surface area contributed by atoms with Gasteiger partial charge in [0.05, 0.1) is 11.4 Å². The third kappa shape index (κ3) is 5.06. The topological polar surface area (TPSA) is 38.9 Å². The van der Waals surface area contributed by atoms with Gasteiger partial charge in [-0.05, 0) is 64.4 Å². The molecule has 3 aromatic heterocycles. The highest BCUT2D eigenvalue weighted by atomic mass is 32.1. The van der Waals surface area contributed by atoms with Crippen molar-refractivity contribution in [2.24, 2.45) is 0 Å². The molecule has 0 saturated heterocycles. The summed E-state index contributed by atoms with van der Waals surface area (Å²) < 4.78 is 8.67. The molecule has 0 saturated carbocycles. The Hall–Kier alpha value is -6.36. The van der Waals surface area contributed by atoms with Crippen LogP contribution in [0.1, 0.15) is 0 Å². The fraction of sp³-hybridized carbons (Fsp3) is 0. The Morgan fingerprint density at radius 2 is 1.02 bits per heavy atom. The lowest BCUT2D eigenvalue weighted by Crippen LogP contribution is -1.96. The van der Waals surface area contributed by atoms with Crippen molar-refractivity contribution < 1.29 is 4.42 Å². The number of rotatable bonds is 5. The first-order chi connectivity index (χ1) is 24.7. The average Bonchev–Trinajstić information content (AvgIpc) is 3.79. The van der Waals surface area contributed by atoms with Crippen molar-refractivity contribution in [3.05, 3.63) is 170 Å². The minimum atomic E-state index is 0.706. The highest BCUT2D eigenvalue weighted by molar-refractivity contribution is 7.25. The summed E-state index contributed by atoms with van der Waals surface area (Å²) in [4.78, 5) is 10.4. The van der Waals surface area contributed by atoms with E-state index in [4.69, 9.17) is 14.4 Å². The van der Waals surface area contributed by atoms with E-state index < -0.39 is 0 Å². The van der Waals surface area contributed by atoms with Gasteiger partial charge in [-0.25, -0.2) is 9.97 Å². The first-order valence-electron chi connectivity index (χ1n) is 16.7. The van der Waals surface area contributed by atoms with E-state index in [2.05, 4.69) is 152 Å². The van der Waals surface area contributed by atoms with Gasteiger partial charge >= 0.3 is 0 Å². The maximum absolute atomic E-state index is 6.15. The molecular formula is C46H28N2OS. The van der Waals surface area contributed by atoms with Crippen molar-refractivity contribution in [1.29, 1.82) is 0 Å². The summed E-state index contributed by atoms with van der Waals surface area (Å²) >= 11 is 1.81. The highest BCUT2D eigenvalue weighted by Crippen LogP contribution is 2.37. The second-order valence-corrected chi connectivity index (χ2v) is 13.7. The van der Waals surface area contributed by atoms with Gasteiger partial charge in [-0.15, -0.1) is 11.3 Å². The van der Waals surface area contributed by atoms with Crippen molar-refractivity contribution in [1.82, 2.24) is 9.97 Å². The van der Waals surface area contributed by atoms with E-state index in [-0.39, 0.29) is 0 Å². The summed E-state index contributed by atoms with van der Waals surface area (Å²) in [5.74, 6) is 1.56. The van der Waals surface area contributed by atoms with E-state index in [0.29, 0.717) is 5.82 Å². The van der Waals surface area contributed by atoms with Crippen LogP contribution in [-0.4, -0.2) is 9.97 Å². The number of hydrogen-bond acceptors (Lipinski definition) is 4. The second-order valence-electron chi connectivity index (χ2n) is 12.6. The molecule has 234 valence electrons. The second kappa shape index (κ2) is 11.7. The Kier molecular flexibility index (Phi) is 6.68. The molecule has 0 amide bonds. The zero-order valence-corrected chi connectivity index (χ0v) is 27.7. The molecule has 10 rings (SSSR count). The van der Waals surface area contributed by atoms with Crippen molar-refractivity contribution in [3.8, 4) is 56.4 Å². The third-order valence-corrected chi connectivity index (χ3v) is 10.6. The van der Waals surface area contributed by atoms with E-state index in [1.165, 1.54) is 42.1 Å². The van der Waals surface area contributed by atoms with Gasteiger partial charge in [-0.2, -0.15) is 0 Å². The predicted octanol–water partition coefficient (Wildman–Crippen LogP) is 13.1. The SMILES string of the molecule is c1ccc(-c2ccc3cc(-c4cc(-c5ccc(-c6cc7ccccc7o6)cc5)nc(-c5ccc6c(c5)sc5ccccc56)n4)ccc3c2)cc1. The van der Waals surface area contributed by atoms with Gasteiger partial charge in [0.1, 0.15) is 11.3 Å². The zero-order chi connectivity index (χ0) is 33.0. The molecule has 4 heteroatoms. The summed E-state index contributed by atoms with van der Waals surface area (Å²) in [7, 11) is 0. The van der Waals surface area contributed by atoms with Crippen LogP contribution in [-0.2, 0) is 0 Å². The predicted molar refractivity (Wildman–Crippen MR) is 209 cm³/mol.